The van der Waals surface area contributed by atoms with Crippen molar-refractivity contribution in [1.82, 2.24) is 4.90 Å². The van der Waals surface area contributed by atoms with E-state index in [-0.39, 0.29) is 0 Å². The predicted octanol–water partition coefficient (Wildman–Crippen LogP) is 5.78. The van der Waals surface area contributed by atoms with Crippen LogP contribution in [0.4, 0.5) is 0 Å². The smallest absolute Gasteiger partial charge is 0.128 e. The summed E-state index contributed by atoms with van der Waals surface area (Å²) < 4.78 is 12.5. The highest BCUT2D eigenvalue weighted by Crippen LogP contribution is 2.41. The summed E-state index contributed by atoms with van der Waals surface area (Å²) in [5.74, 6) is 1.81. The molecule has 0 saturated heterocycles. The first-order chi connectivity index (χ1) is 14.1. The minimum absolute atomic E-state index is 0.308. The Morgan fingerprint density at radius 3 is 2.03 bits per heavy atom. The Labute approximate surface area is 173 Å². The van der Waals surface area contributed by atoms with Crippen LogP contribution in [0.3, 0.4) is 0 Å². The molecule has 0 N–H and O–H groups in total. The fraction of sp³-hybridized carbons (Fsp3) is 0.308. The van der Waals surface area contributed by atoms with Gasteiger partial charge in [0.25, 0.3) is 0 Å². The van der Waals surface area contributed by atoms with E-state index in [2.05, 4.69) is 62.2 Å². The standard InChI is InChI=1S/C26H29NO2/c1-19-14-23-15-24(28-17-21-10-6-4-7-11-21)16-25(26(23)20(2)27(19)3)29-18-22-12-8-5-9-13-22/h4-13,15-16,19-20H,14,17-18H2,1-3H3/t19-,20+/m1/s1. The van der Waals surface area contributed by atoms with E-state index in [1.54, 1.807) is 0 Å². The molecule has 4 rings (SSSR count). The summed E-state index contributed by atoms with van der Waals surface area (Å²) in [6.07, 6.45) is 1.00. The van der Waals surface area contributed by atoms with Crippen LogP contribution in [0.15, 0.2) is 72.8 Å². The van der Waals surface area contributed by atoms with Gasteiger partial charge >= 0.3 is 0 Å². The molecule has 3 heteroatoms. The van der Waals surface area contributed by atoms with Crippen LogP contribution in [-0.4, -0.2) is 18.0 Å². The first-order valence-corrected chi connectivity index (χ1v) is 10.3. The molecule has 0 aliphatic carbocycles. The van der Waals surface area contributed by atoms with Gasteiger partial charge in [-0.3, -0.25) is 4.90 Å². The molecule has 3 nitrogen and oxygen atoms in total. The third-order valence-electron chi connectivity index (χ3n) is 5.93. The van der Waals surface area contributed by atoms with E-state index in [0.29, 0.717) is 25.3 Å². The van der Waals surface area contributed by atoms with Gasteiger partial charge in [0, 0.05) is 23.7 Å². The highest BCUT2D eigenvalue weighted by molar-refractivity contribution is 5.50. The third kappa shape index (κ3) is 4.46. The van der Waals surface area contributed by atoms with Gasteiger partial charge in [-0.15, -0.1) is 0 Å². The number of benzene rings is 3. The zero-order valence-electron chi connectivity index (χ0n) is 17.5. The number of nitrogens with zero attached hydrogens (tertiary/aromatic N) is 1. The number of likely N-dealkylation sites (N-methyl/N-ethyl adjacent to an activating group) is 1. The molecule has 29 heavy (non-hydrogen) atoms. The Morgan fingerprint density at radius 2 is 1.41 bits per heavy atom. The second kappa shape index (κ2) is 8.71. The Morgan fingerprint density at radius 1 is 0.828 bits per heavy atom. The van der Waals surface area contributed by atoms with Gasteiger partial charge in [-0.1, -0.05) is 60.7 Å². The first-order valence-electron chi connectivity index (χ1n) is 10.3. The molecule has 1 heterocycles. The summed E-state index contributed by atoms with van der Waals surface area (Å²) in [6, 6.07) is 25.7. The van der Waals surface area contributed by atoms with Gasteiger partial charge in [-0.05, 0) is 50.1 Å². The van der Waals surface area contributed by atoms with Gasteiger partial charge in [0.2, 0.25) is 0 Å². The first kappa shape index (κ1) is 19.5. The molecule has 1 aliphatic rings. The van der Waals surface area contributed by atoms with Crippen LogP contribution >= 0.6 is 0 Å². The van der Waals surface area contributed by atoms with Crippen LogP contribution in [0.25, 0.3) is 0 Å². The SMILES string of the molecule is C[C@@H]1Cc2cc(OCc3ccccc3)cc(OCc3ccccc3)c2[C@H](C)N1C. The summed E-state index contributed by atoms with van der Waals surface area (Å²) >= 11 is 0. The number of hydrogen-bond donors (Lipinski definition) is 0. The lowest BCUT2D eigenvalue weighted by molar-refractivity contribution is 0.172. The molecule has 3 aromatic carbocycles. The molecule has 1 aliphatic heterocycles. The van der Waals surface area contributed by atoms with Crippen LogP contribution in [0.1, 0.15) is 42.1 Å². The average molecular weight is 388 g/mol. The second-order valence-corrected chi connectivity index (χ2v) is 7.94. The van der Waals surface area contributed by atoms with E-state index in [4.69, 9.17) is 9.47 Å². The number of hydrogen-bond acceptors (Lipinski definition) is 3. The van der Waals surface area contributed by atoms with Gasteiger partial charge in [-0.25, -0.2) is 0 Å². The summed E-state index contributed by atoms with van der Waals surface area (Å²) in [6.45, 7) is 5.65. The van der Waals surface area contributed by atoms with Gasteiger partial charge in [0.1, 0.15) is 24.7 Å². The lowest BCUT2D eigenvalue weighted by Crippen LogP contribution is -2.38. The van der Waals surface area contributed by atoms with E-state index in [1.165, 1.54) is 22.3 Å². The van der Waals surface area contributed by atoms with Gasteiger partial charge in [0.05, 0.1) is 0 Å². The minimum atomic E-state index is 0.308. The normalized spacial score (nSPS) is 18.9. The number of ether oxygens (including phenoxy) is 2. The fourth-order valence-electron chi connectivity index (χ4n) is 4.03. The van der Waals surface area contributed by atoms with E-state index in [1.807, 2.05) is 36.4 Å². The molecule has 0 unspecified atom stereocenters. The van der Waals surface area contributed by atoms with Crippen molar-refractivity contribution >= 4 is 0 Å². The maximum Gasteiger partial charge on any atom is 0.128 e. The number of rotatable bonds is 6. The molecule has 0 radical (unpaired) electrons. The molecule has 0 aromatic heterocycles. The molecule has 3 aromatic rings. The van der Waals surface area contributed by atoms with Crippen molar-refractivity contribution in [3.05, 3.63) is 95.1 Å². The summed E-state index contributed by atoms with van der Waals surface area (Å²) in [5, 5.41) is 0. The Kier molecular flexibility index (Phi) is 5.86. The molecule has 0 fully saturated rings. The van der Waals surface area contributed by atoms with Gasteiger partial charge in [-0.2, -0.15) is 0 Å². The van der Waals surface area contributed by atoms with Gasteiger partial charge in [0.15, 0.2) is 0 Å². The Bertz CT molecular complexity index is 940. The molecule has 0 spiro atoms. The zero-order chi connectivity index (χ0) is 20.2. The molecule has 2 atom stereocenters. The molecular formula is C26H29NO2. The topological polar surface area (TPSA) is 21.7 Å². The third-order valence-corrected chi connectivity index (χ3v) is 5.93. The summed E-state index contributed by atoms with van der Waals surface area (Å²) in [5.41, 5.74) is 4.95. The lowest BCUT2D eigenvalue weighted by atomic mass is 9.89. The van der Waals surface area contributed by atoms with E-state index in [9.17, 15) is 0 Å². The van der Waals surface area contributed by atoms with Crippen molar-refractivity contribution < 1.29 is 9.47 Å². The highest BCUT2D eigenvalue weighted by Gasteiger charge is 2.30. The van der Waals surface area contributed by atoms with Crippen molar-refractivity contribution in [3.8, 4) is 11.5 Å². The quantitative estimate of drug-likeness (QED) is 0.535. The lowest BCUT2D eigenvalue weighted by Gasteiger charge is -2.38. The monoisotopic (exact) mass is 387 g/mol. The van der Waals surface area contributed by atoms with Crippen molar-refractivity contribution in [1.29, 1.82) is 0 Å². The van der Waals surface area contributed by atoms with E-state index < -0.39 is 0 Å². The van der Waals surface area contributed by atoms with Crippen molar-refractivity contribution in [2.45, 2.75) is 45.6 Å². The molecule has 0 saturated carbocycles. The summed E-state index contributed by atoms with van der Waals surface area (Å²) in [7, 11) is 2.19. The van der Waals surface area contributed by atoms with Crippen LogP contribution in [0, 0.1) is 0 Å². The average Bonchev–Trinajstić information content (AvgIpc) is 2.75. The van der Waals surface area contributed by atoms with E-state index in [0.717, 1.165) is 17.9 Å². The molecule has 0 bridgehead atoms. The highest BCUT2D eigenvalue weighted by atomic mass is 16.5. The molecule has 150 valence electrons. The van der Waals surface area contributed by atoms with Crippen LogP contribution < -0.4 is 9.47 Å². The van der Waals surface area contributed by atoms with Gasteiger partial charge < -0.3 is 9.47 Å². The largest absolute Gasteiger partial charge is 0.489 e. The molecular weight excluding hydrogens is 358 g/mol. The Hall–Kier alpha value is -2.78. The maximum atomic E-state index is 6.33. The number of fused-ring (bicyclic) bond motifs is 1. The zero-order valence-corrected chi connectivity index (χ0v) is 17.5. The van der Waals surface area contributed by atoms with Crippen LogP contribution in [0.2, 0.25) is 0 Å². The predicted molar refractivity (Wildman–Crippen MR) is 117 cm³/mol. The Balaban J connectivity index is 1.62. The fourth-order valence-corrected chi connectivity index (χ4v) is 4.03. The van der Waals surface area contributed by atoms with Crippen LogP contribution in [0.5, 0.6) is 11.5 Å². The molecule has 0 amide bonds. The maximum absolute atomic E-state index is 6.33. The van der Waals surface area contributed by atoms with Crippen molar-refractivity contribution in [3.63, 3.8) is 0 Å². The van der Waals surface area contributed by atoms with Crippen molar-refractivity contribution in [2.24, 2.45) is 0 Å². The second-order valence-electron chi connectivity index (χ2n) is 7.94. The minimum Gasteiger partial charge on any atom is -0.489 e. The van der Waals surface area contributed by atoms with E-state index >= 15 is 0 Å². The van der Waals surface area contributed by atoms with Crippen LogP contribution in [-0.2, 0) is 19.6 Å². The summed E-state index contributed by atoms with van der Waals surface area (Å²) in [4.78, 5) is 2.42. The van der Waals surface area contributed by atoms with Crippen molar-refractivity contribution in [2.75, 3.05) is 7.05 Å².